The lowest BCUT2D eigenvalue weighted by Gasteiger charge is -2.10. The van der Waals surface area contributed by atoms with Crippen molar-refractivity contribution in [2.24, 2.45) is 0 Å². The molecule has 2 amide bonds. The zero-order chi connectivity index (χ0) is 17.2. The van der Waals surface area contributed by atoms with E-state index in [1.54, 1.807) is 25.1 Å². The van der Waals surface area contributed by atoms with Crippen LogP contribution in [0.5, 0.6) is 0 Å². The Hall–Kier alpha value is -1.47. The van der Waals surface area contributed by atoms with E-state index in [2.05, 4.69) is 10.6 Å². The maximum atomic E-state index is 11.9. The van der Waals surface area contributed by atoms with Crippen LogP contribution in [0, 0.1) is 6.92 Å². The smallest absolute Gasteiger partial charge is 0.308 e. The molecule has 0 unspecified atom stereocenters. The summed E-state index contributed by atoms with van der Waals surface area (Å²) in [6.07, 6.45) is 0. The van der Waals surface area contributed by atoms with E-state index in [9.17, 15) is 13.2 Å². The summed E-state index contributed by atoms with van der Waals surface area (Å²) in [7, 11) is 1.48. The number of aryl methyl sites for hydroxylation is 1. The minimum absolute atomic E-state index is 0.00764. The summed E-state index contributed by atoms with van der Waals surface area (Å²) in [5.41, 5.74) is 1.26. The second kappa shape index (κ2) is 6.97. The number of anilines is 2. The molecule has 0 saturated heterocycles. The zero-order valence-corrected chi connectivity index (χ0v) is 14.8. The molecule has 0 aliphatic carbocycles. The van der Waals surface area contributed by atoms with E-state index in [0.29, 0.717) is 27.0 Å². The Labute approximate surface area is 148 Å². The van der Waals surface area contributed by atoms with Crippen LogP contribution in [0.25, 0.3) is 0 Å². The fourth-order valence-corrected chi connectivity index (χ4v) is 3.64. The second-order valence-corrected chi connectivity index (χ2v) is 8.06. The minimum Gasteiger partial charge on any atom is -0.308 e. The molecule has 0 heterocycles. The average molecular weight is 394 g/mol. The molecule has 0 bridgehead atoms. The third-order valence-electron chi connectivity index (χ3n) is 2.82. The van der Waals surface area contributed by atoms with Crippen molar-refractivity contribution < 1.29 is 13.2 Å². The Morgan fingerprint density at radius 1 is 0.957 bits per heavy atom. The summed E-state index contributed by atoms with van der Waals surface area (Å²) in [5, 5.41) is 5.93. The van der Waals surface area contributed by atoms with Gasteiger partial charge in [-0.2, -0.15) is 0 Å². The Bertz CT molecular complexity index is 849. The van der Waals surface area contributed by atoms with E-state index < -0.39 is 15.1 Å². The van der Waals surface area contributed by atoms with Crippen LogP contribution >= 0.6 is 33.9 Å². The number of amides is 2. The zero-order valence-electron chi connectivity index (χ0n) is 11.7. The van der Waals surface area contributed by atoms with Crippen LogP contribution < -0.4 is 10.6 Å². The van der Waals surface area contributed by atoms with Gasteiger partial charge in [-0.15, -0.1) is 0 Å². The van der Waals surface area contributed by atoms with Gasteiger partial charge in [-0.1, -0.05) is 23.2 Å². The highest BCUT2D eigenvalue weighted by atomic mass is 35.7. The fraction of sp³-hybridized carbons (Fsp3) is 0.0714. The number of halogens is 3. The molecule has 0 aromatic heterocycles. The molecule has 0 fully saturated rings. The van der Waals surface area contributed by atoms with Crippen molar-refractivity contribution in [3.63, 3.8) is 0 Å². The number of urea groups is 1. The largest absolute Gasteiger partial charge is 0.323 e. The average Bonchev–Trinajstić information content (AvgIpc) is 2.35. The number of carbonyl (C=O) groups excluding carboxylic acids is 1. The van der Waals surface area contributed by atoms with Crippen LogP contribution in [0.1, 0.15) is 5.56 Å². The van der Waals surface area contributed by atoms with Gasteiger partial charge in [0, 0.05) is 32.1 Å². The molecular weight excluding hydrogens is 383 g/mol. The van der Waals surface area contributed by atoms with Crippen LogP contribution in [0.15, 0.2) is 41.3 Å². The summed E-state index contributed by atoms with van der Waals surface area (Å²) >= 11 is 11.7. The molecule has 122 valence electrons. The molecule has 23 heavy (non-hydrogen) atoms. The molecule has 2 rings (SSSR count). The maximum Gasteiger partial charge on any atom is 0.323 e. The third-order valence-corrected chi connectivity index (χ3v) is 4.73. The SMILES string of the molecule is Cc1cc(NC(=O)Nc2cc(Cl)cc(Cl)c2)ccc1S(=O)(=O)Cl. The van der Waals surface area contributed by atoms with E-state index in [1.807, 2.05) is 0 Å². The van der Waals surface area contributed by atoms with E-state index in [4.69, 9.17) is 33.9 Å². The topological polar surface area (TPSA) is 75.3 Å². The molecule has 0 radical (unpaired) electrons. The van der Waals surface area contributed by atoms with Gasteiger partial charge in [0.1, 0.15) is 0 Å². The Morgan fingerprint density at radius 2 is 1.52 bits per heavy atom. The van der Waals surface area contributed by atoms with Crippen molar-refractivity contribution in [2.75, 3.05) is 10.6 Å². The van der Waals surface area contributed by atoms with Crippen molar-refractivity contribution in [1.29, 1.82) is 0 Å². The lowest BCUT2D eigenvalue weighted by Crippen LogP contribution is -2.19. The Balaban J connectivity index is 2.13. The van der Waals surface area contributed by atoms with Gasteiger partial charge in [0.25, 0.3) is 9.05 Å². The minimum atomic E-state index is -3.82. The highest BCUT2D eigenvalue weighted by Gasteiger charge is 2.14. The van der Waals surface area contributed by atoms with E-state index in [-0.39, 0.29) is 4.90 Å². The van der Waals surface area contributed by atoms with Crippen molar-refractivity contribution >= 4 is 60.3 Å². The third kappa shape index (κ3) is 5.00. The summed E-state index contributed by atoms with van der Waals surface area (Å²) in [5.74, 6) is 0. The van der Waals surface area contributed by atoms with Gasteiger partial charge in [0.2, 0.25) is 0 Å². The number of carbonyl (C=O) groups is 1. The Morgan fingerprint density at radius 3 is 2.04 bits per heavy atom. The maximum absolute atomic E-state index is 11.9. The van der Waals surface area contributed by atoms with Gasteiger partial charge < -0.3 is 10.6 Å². The monoisotopic (exact) mass is 392 g/mol. The highest BCUT2D eigenvalue weighted by Crippen LogP contribution is 2.24. The molecule has 2 aromatic rings. The molecule has 0 aliphatic rings. The quantitative estimate of drug-likeness (QED) is 0.730. The van der Waals surface area contributed by atoms with Crippen LogP contribution in [-0.4, -0.2) is 14.4 Å². The molecule has 0 saturated carbocycles. The number of nitrogens with one attached hydrogen (secondary N) is 2. The fourth-order valence-electron chi connectivity index (χ4n) is 1.92. The number of rotatable bonds is 3. The van der Waals surface area contributed by atoms with Crippen molar-refractivity contribution in [3.8, 4) is 0 Å². The van der Waals surface area contributed by atoms with Gasteiger partial charge >= 0.3 is 6.03 Å². The van der Waals surface area contributed by atoms with Gasteiger partial charge in [-0.05, 0) is 48.9 Å². The molecule has 9 heteroatoms. The molecule has 0 aliphatic heterocycles. The number of benzene rings is 2. The van der Waals surface area contributed by atoms with Crippen molar-refractivity contribution in [1.82, 2.24) is 0 Å². The van der Waals surface area contributed by atoms with Crippen LogP contribution in [0.2, 0.25) is 10.0 Å². The van der Waals surface area contributed by atoms with Gasteiger partial charge in [0.05, 0.1) is 4.90 Å². The predicted molar refractivity (Wildman–Crippen MR) is 93.3 cm³/mol. The summed E-state index contributed by atoms with van der Waals surface area (Å²) < 4.78 is 22.7. The van der Waals surface area contributed by atoms with Crippen molar-refractivity contribution in [2.45, 2.75) is 11.8 Å². The van der Waals surface area contributed by atoms with E-state index >= 15 is 0 Å². The van der Waals surface area contributed by atoms with Crippen molar-refractivity contribution in [3.05, 3.63) is 52.0 Å². The molecule has 2 aromatic carbocycles. The van der Waals surface area contributed by atoms with Crippen LogP contribution in [0.3, 0.4) is 0 Å². The summed E-state index contributed by atoms with van der Waals surface area (Å²) in [6.45, 7) is 1.58. The normalized spacial score (nSPS) is 11.1. The molecule has 2 N–H and O–H groups in total. The van der Waals surface area contributed by atoms with Gasteiger partial charge in [-0.25, -0.2) is 13.2 Å². The molecule has 0 atom stereocenters. The molecule has 0 spiro atoms. The first-order chi connectivity index (χ1) is 10.6. The summed E-state index contributed by atoms with van der Waals surface area (Å²) in [4.78, 5) is 11.9. The van der Waals surface area contributed by atoms with E-state index in [1.165, 1.54) is 18.2 Å². The first-order valence-electron chi connectivity index (χ1n) is 6.24. The number of hydrogen-bond donors (Lipinski definition) is 2. The van der Waals surface area contributed by atoms with E-state index in [0.717, 1.165) is 0 Å². The standard InChI is InChI=1S/C14H11Cl3N2O3S/c1-8-4-11(2-3-13(8)23(17,21)22)18-14(20)19-12-6-9(15)5-10(16)7-12/h2-7H,1H3,(H2,18,19,20). The highest BCUT2D eigenvalue weighted by molar-refractivity contribution is 8.13. The van der Waals surface area contributed by atoms with Crippen LogP contribution in [-0.2, 0) is 9.05 Å². The lowest BCUT2D eigenvalue weighted by molar-refractivity contribution is 0.262. The molecular formula is C14H11Cl3N2O3S. The number of hydrogen-bond acceptors (Lipinski definition) is 3. The predicted octanol–water partition coefficient (Wildman–Crippen LogP) is 4.87. The van der Waals surface area contributed by atoms with Crippen LogP contribution in [0.4, 0.5) is 16.2 Å². The first kappa shape index (κ1) is 17.9. The van der Waals surface area contributed by atoms with Gasteiger partial charge in [0.15, 0.2) is 0 Å². The second-order valence-electron chi connectivity index (χ2n) is 4.66. The first-order valence-corrected chi connectivity index (χ1v) is 9.31. The molecule has 5 nitrogen and oxygen atoms in total. The van der Waals surface area contributed by atoms with Gasteiger partial charge in [-0.3, -0.25) is 0 Å². The Kier molecular flexibility index (Phi) is 5.41. The lowest BCUT2D eigenvalue weighted by atomic mass is 10.2. The summed E-state index contributed by atoms with van der Waals surface area (Å²) in [6, 6.07) is 8.36.